The van der Waals surface area contributed by atoms with E-state index in [2.05, 4.69) is 20.9 Å². The van der Waals surface area contributed by atoms with Crippen LogP contribution in [0.15, 0.2) is 65.8 Å². The van der Waals surface area contributed by atoms with Gasteiger partial charge in [0.25, 0.3) is 0 Å². The maximum atomic E-state index is 15.5. The highest BCUT2D eigenvalue weighted by Crippen LogP contribution is 2.36. The molecule has 2 aliphatic rings. The number of carbonyl (C=O) groups excluding carboxylic acids is 2. The number of sulfonamides is 1. The van der Waals surface area contributed by atoms with Gasteiger partial charge >= 0.3 is 6.09 Å². The van der Waals surface area contributed by atoms with Crippen LogP contribution in [0, 0.1) is 11.7 Å². The van der Waals surface area contributed by atoms with Gasteiger partial charge in [0.05, 0.1) is 30.1 Å². The number of ether oxygens (including phenoxy) is 2. The Hall–Kier alpha value is -3.33. The van der Waals surface area contributed by atoms with Crippen molar-refractivity contribution in [2.75, 3.05) is 38.7 Å². The first-order valence-electron chi connectivity index (χ1n) is 16.1. The van der Waals surface area contributed by atoms with Crippen LogP contribution in [-0.4, -0.2) is 81.2 Å². The van der Waals surface area contributed by atoms with E-state index in [1.54, 1.807) is 12.1 Å². The predicted molar refractivity (Wildman–Crippen MR) is 185 cm³/mol. The molecule has 5 rings (SSSR count). The van der Waals surface area contributed by atoms with Crippen molar-refractivity contribution in [3.05, 3.63) is 87.9 Å². The van der Waals surface area contributed by atoms with E-state index in [4.69, 9.17) is 32.7 Å². The Morgan fingerprint density at radius 3 is 2.37 bits per heavy atom. The standard InChI is InChI=1S/C34H40Cl2FN5O6S/c1-21-17-38-18-26(42(21)49(45,46)27-10-7-25(36)8-11-27)9-12-28-29(37)19-39-20-30(28)40-33(43)32(41-34(44)47-2)31(23-13-15-48-16-14-23)22-3-5-24(35)6-4-22/h3-8,10-11,19-21,23,26,31-32,38H,9,12-18H2,1-2H3,(H,40,43)(H,41,44). The van der Waals surface area contributed by atoms with Crippen LogP contribution in [-0.2, 0) is 30.7 Å². The molecule has 264 valence electrons. The molecule has 0 bridgehead atoms. The smallest absolute Gasteiger partial charge is 0.407 e. The molecule has 15 heteroatoms. The van der Waals surface area contributed by atoms with E-state index in [0.29, 0.717) is 49.2 Å². The van der Waals surface area contributed by atoms with Crippen LogP contribution < -0.4 is 16.0 Å². The molecule has 1 aromatic heterocycles. The number of methoxy groups -OCH3 is 1. The zero-order valence-corrected chi connectivity index (χ0v) is 29.5. The van der Waals surface area contributed by atoms with Crippen LogP contribution in [0.3, 0.4) is 0 Å². The van der Waals surface area contributed by atoms with Gasteiger partial charge in [0, 0.05) is 59.9 Å². The van der Waals surface area contributed by atoms with Crippen molar-refractivity contribution in [3.8, 4) is 0 Å². The molecule has 2 saturated heterocycles. The average molecular weight is 737 g/mol. The van der Waals surface area contributed by atoms with Crippen molar-refractivity contribution < 1.29 is 31.9 Å². The van der Waals surface area contributed by atoms with Crippen molar-refractivity contribution in [1.82, 2.24) is 19.9 Å². The lowest BCUT2D eigenvalue weighted by atomic mass is 9.76. The Kier molecular flexibility index (Phi) is 12.5. The minimum Gasteiger partial charge on any atom is -0.453 e. The number of hydrogen-bond acceptors (Lipinski definition) is 8. The molecular weight excluding hydrogens is 696 g/mol. The molecule has 0 spiro atoms. The third kappa shape index (κ3) is 8.89. The average Bonchev–Trinajstić information content (AvgIpc) is 3.09. The van der Waals surface area contributed by atoms with E-state index in [1.807, 2.05) is 19.1 Å². The van der Waals surface area contributed by atoms with Gasteiger partial charge in [-0.25, -0.2) is 17.6 Å². The highest BCUT2D eigenvalue weighted by molar-refractivity contribution is 7.89. The van der Waals surface area contributed by atoms with Gasteiger partial charge in [-0.3, -0.25) is 9.78 Å². The summed E-state index contributed by atoms with van der Waals surface area (Å²) in [6.45, 7) is 3.61. The van der Waals surface area contributed by atoms with Crippen LogP contribution in [0.4, 0.5) is 14.9 Å². The van der Waals surface area contributed by atoms with E-state index in [1.165, 1.54) is 41.9 Å². The van der Waals surface area contributed by atoms with Gasteiger partial charge in [-0.15, -0.1) is 0 Å². The lowest BCUT2D eigenvalue weighted by Crippen LogP contribution is -2.58. The number of nitrogens with zero attached hydrogens (tertiary/aromatic N) is 2. The molecule has 0 saturated carbocycles. The SMILES string of the molecule is COC(=O)NC(C(=O)Nc1cncc(F)c1CCC1CNCC(C)N1S(=O)(=O)c1ccc(Cl)cc1)C(c1ccc(Cl)cc1)C1CCOCC1. The number of alkyl carbamates (subject to hydrolysis) is 1. The van der Waals surface area contributed by atoms with Crippen molar-refractivity contribution in [2.24, 2.45) is 5.92 Å². The Balaban J connectivity index is 1.42. The van der Waals surface area contributed by atoms with E-state index >= 15 is 4.39 Å². The summed E-state index contributed by atoms with van der Waals surface area (Å²) in [6, 6.07) is 11.1. The Bertz CT molecular complexity index is 1710. The van der Waals surface area contributed by atoms with Gasteiger partial charge in [0.15, 0.2) is 0 Å². The maximum absolute atomic E-state index is 15.5. The van der Waals surface area contributed by atoms with Crippen LogP contribution in [0.25, 0.3) is 0 Å². The number of anilines is 1. The molecular formula is C34H40Cl2FN5O6S. The zero-order valence-electron chi connectivity index (χ0n) is 27.2. The van der Waals surface area contributed by atoms with Crippen LogP contribution in [0.1, 0.15) is 43.2 Å². The largest absolute Gasteiger partial charge is 0.453 e. The molecule has 3 aromatic rings. The summed E-state index contributed by atoms with van der Waals surface area (Å²) in [6.07, 6.45) is 3.23. The molecule has 2 aromatic carbocycles. The minimum absolute atomic E-state index is 0.0395. The first-order valence-corrected chi connectivity index (χ1v) is 18.3. The molecule has 3 heterocycles. The van der Waals surface area contributed by atoms with E-state index < -0.39 is 45.8 Å². The number of rotatable bonds is 11. The number of halogens is 3. The number of benzene rings is 2. The molecule has 0 radical (unpaired) electrons. The van der Waals surface area contributed by atoms with Gasteiger partial charge in [-0.1, -0.05) is 35.3 Å². The second-order valence-corrected chi connectivity index (χ2v) is 15.0. The molecule has 2 amide bonds. The number of carbonyl (C=O) groups is 2. The highest BCUT2D eigenvalue weighted by Gasteiger charge is 2.40. The zero-order chi connectivity index (χ0) is 35.1. The summed E-state index contributed by atoms with van der Waals surface area (Å²) in [5, 5.41) is 9.75. The van der Waals surface area contributed by atoms with E-state index in [9.17, 15) is 18.0 Å². The first-order chi connectivity index (χ1) is 23.5. The third-order valence-corrected chi connectivity index (χ3v) is 11.7. The van der Waals surface area contributed by atoms with Crippen molar-refractivity contribution >= 4 is 50.9 Å². The molecule has 49 heavy (non-hydrogen) atoms. The van der Waals surface area contributed by atoms with Gasteiger partial charge < -0.3 is 25.4 Å². The summed E-state index contributed by atoms with van der Waals surface area (Å²) in [5.41, 5.74) is 1.06. The lowest BCUT2D eigenvalue weighted by molar-refractivity contribution is -0.119. The normalized spacial score (nSPS) is 20.3. The third-order valence-electron chi connectivity index (χ3n) is 9.12. The molecule has 11 nitrogen and oxygen atoms in total. The van der Waals surface area contributed by atoms with Crippen molar-refractivity contribution in [1.29, 1.82) is 0 Å². The summed E-state index contributed by atoms with van der Waals surface area (Å²) < 4.78 is 55.0. The Morgan fingerprint density at radius 1 is 1.06 bits per heavy atom. The molecule has 4 atom stereocenters. The quantitative estimate of drug-likeness (QED) is 0.239. The first kappa shape index (κ1) is 36.9. The fraction of sp³-hybridized carbons (Fsp3) is 0.441. The Labute approximate surface area is 295 Å². The van der Waals surface area contributed by atoms with Gasteiger partial charge in [0.1, 0.15) is 11.9 Å². The number of nitrogens with one attached hydrogen (secondary N) is 3. The van der Waals surface area contributed by atoms with Crippen LogP contribution in [0.2, 0.25) is 10.0 Å². The summed E-state index contributed by atoms with van der Waals surface area (Å²) >= 11 is 12.2. The predicted octanol–water partition coefficient (Wildman–Crippen LogP) is 5.38. The second kappa shape index (κ2) is 16.6. The molecule has 4 unspecified atom stereocenters. The number of hydrogen-bond donors (Lipinski definition) is 3. The number of piperazine rings is 1. The molecule has 0 aliphatic carbocycles. The van der Waals surface area contributed by atoms with Crippen molar-refractivity contribution in [3.63, 3.8) is 0 Å². The van der Waals surface area contributed by atoms with E-state index in [0.717, 1.165) is 11.8 Å². The number of aromatic nitrogens is 1. The molecule has 3 N–H and O–H groups in total. The second-order valence-electron chi connectivity index (χ2n) is 12.3. The topological polar surface area (TPSA) is 139 Å². The maximum Gasteiger partial charge on any atom is 0.407 e. The highest BCUT2D eigenvalue weighted by atomic mass is 35.5. The fourth-order valence-electron chi connectivity index (χ4n) is 6.74. The molecule has 2 aliphatic heterocycles. The molecule has 2 fully saturated rings. The number of amides is 2. The Morgan fingerprint density at radius 2 is 1.71 bits per heavy atom. The van der Waals surface area contributed by atoms with Crippen LogP contribution >= 0.6 is 23.2 Å². The summed E-state index contributed by atoms with van der Waals surface area (Å²) in [7, 11) is -2.70. The lowest BCUT2D eigenvalue weighted by Gasteiger charge is -2.40. The monoisotopic (exact) mass is 735 g/mol. The number of pyridine rings is 1. The van der Waals surface area contributed by atoms with E-state index in [-0.39, 0.29) is 40.9 Å². The van der Waals surface area contributed by atoms with Gasteiger partial charge in [-0.2, -0.15) is 4.31 Å². The van der Waals surface area contributed by atoms with Gasteiger partial charge in [0.2, 0.25) is 15.9 Å². The fourth-order valence-corrected chi connectivity index (χ4v) is 8.83. The summed E-state index contributed by atoms with van der Waals surface area (Å²) in [4.78, 5) is 30.9. The minimum atomic E-state index is -3.91. The van der Waals surface area contributed by atoms with Gasteiger partial charge in [-0.05, 0) is 80.5 Å². The van der Waals surface area contributed by atoms with Crippen molar-refractivity contribution in [2.45, 2.75) is 61.5 Å². The van der Waals surface area contributed by atoms with Crippen LogP contribution in [0.5, 0.6) is 0 Å². The summed E-state index contributed by atoms with van der Waals surface area (Å²) in [5.74, 6) is -1.78.